The summed E-state index contributed by atoms with van der Waals surface area (Å²) >= 11 is 0. The van der Waals surface area contributed by atoms with Crippen LogP contribution in [-0.2, 0) is 9.59 Å². The molecule has 0 aromatic heterocycles. The van der Waals surface area contributed by atoms with E-state index < -0.39 is 17.3 Å². The van der Waals surface area contributed by atoms with Crippen LogP contribution in [0.2, 0.25) is 0 Å². The number of aliphatic hydroxyl groups is 2. The van der Waals surface area contributed by atoms with Gasteiger partial charge in [0.2, 0.25) is 5.78 Å². The highest BCUT2D eigenvalue weighted by Gasteiger charge is 2.58. The number of Topliss-reactive ketones (excluding diaryl/α,β-unsaturated/α-hetero) is 2. The van der Waals surface area contributed by atoms with Gasteiger partial charge in [0.25, 0.3) is 0 Å². The van der Waals surface area contributed by atoms with Crippen LogP contribution in [0.5, 0.6) is 0 Å². The third-order valence-electron chi connectivity index (χ3n) is 6.51. The molecule has 3 rings (SSSR count). The van der Waals surface area contributed by atoms with E-state index in [0.29, 0.717) is 11.1 Å². The van der Waals surface area contributed by atoms with Gasteiger partial charge in [-0.05, 0) is 30.1 Å². The summed E-state index contributed by atoms with van der Waals surface area (Å²) < 4.78 is 0. The van der Waals surface area contributed by atoms with Crippen LogP contribution in [0.15, 0.2) is 22.5 Å². The normalized spacial score (nSPS) is 36.1. The van der Waals surface area contributed by atoms with E-state index in [2.05, 4.69) is 13.8 Å². The summed E-state index contributed by atoms with van der Waals surface area (Å²) in [5.41, 5.74) is 0.440. The Morgan fingerprint density at radius 1 is 1.08 bits per heavy atom. The fraction of sp³-hybridized carbons (Fsp3) is 0.700. The number of carbonyl (C=O) groups excluding carboxylic acids is 2. The molecule has 0 bridgehead atoms. The molecular weight excluding hydrogens is 304 g/mol. The zero-order valence-electron chi connectivity index (χ0n) is 15.3. The molecule has 0 radical (unpaired) electrons. The zero-order chi connectivity index (χ0) is 18.0. The van der Waals surface area contributed by atoms with Gasteiger partial charge in [-0.2, -0.15) is 0 Å². The average Bonchev–Trinajstić information content (AvgIpc) is 2.42. The number of ketones is 2. The Bertz CT molecular complexity index is 680. The topological polar surface area (TPSA) is 74.6 Å². The molecule has 3 aliphatic rings. The molecule has 2 N–H and O–H groups in total. The number of aliphatic hydroxyl groups excluding tert-OH is 2. The molecule has 0 aliphatic heterocycles. The summed E-state index contributed by atoms with van der Waals surface area (Å²) in [5, 5.41) is 21.3. The van der Waals surface area contributed by atoms with Gasteiger partial charge >= 0.3 is 0 Å². The Hall–Kier alpha value is -1.42. The molecule has 0 aromatic carbocycles. The van der Waals surface area contributed by atoms with Crippen LogP contribution in [0.1, 0.15) is 60.3 Å². The Balaban J connectivity index is 2.20. The van der Waals surface area contributed by atoms with Crippen molar-refractivity contribution in [2.45, 2.75) is 66.4 Å². The summed E-state index contributed by atoms with van der Waals surface area (Å²) in [6, 6.07) is 0. The van der Waals surface area contributed by atoms with Crippen molar-refractivity contribution < 1.29 is 19.8 Å². The molecule has 0 saturated heterocycles. The van der Waals surface area contributed by atoms with Crippen molar-refractivity contribution in [3.63, 3.8) is 0 Å². The quantitative estimate of drug-likeness (QED) is 0.721. The largest absolute Gasteiger partial charge is 0.504 e. The molecule has 0 amide bonds. The lowest BCUT2D eigenvalue weighted by atomic mass is 9.48. The first-order chi connectivity index (χ1) is 11.0. The van der Waals surface area contributed by atoms with Crippen LogP contribution in [0.3, 0.4) is 0 Å². The fourth-order valence-electron chi connectivity index (χ4n) is 5.73. The first kappa shape index (κ1) is 17.4. The van der Waals surface area contributed by atoms with Crippen LogP contribution in [0, 0.1) is 22.7 Å². The van der Waals surface area contributed by atoms with Gasteiger partial charge in [0.15, 0.2) is 11.5 Å². The molecule has 4 heteroatoms. The average molecular weight is 332 g/mol. The van der Waals surface area contributed by atoms with E-state index in [4.69, 9.17) is 0 Å². The van der Waals surface area contributed by atoms with Crippen LogP contribution in [0.25, 0.3) is 0 Å². The molecule has 0 heterocycles. The number of allylic oxidation sites excluding steroid dienone is 2. The molecule has 4 nitrogen and oxygen atoms in total. The van der Waals surface area contributed by atoms with E-state index in [-0.39, 0.29) is 40.8 Å². The van der Waals surface area contributed by atoms with Crippen molar-refractivity contribution in [1.29, 1.82) is 0 Å². The lowest BCUT2D eigenvalue weighted by Gasteiger charge is -2.56. The van der Waals surface area contributed by atoms with Crippen molar-refractivity contribution in [3.8, 4) is 0 Å². The van der Waals surface area contributed by atoms with Crippen LogP contribution in [-0.4, -0.2) is 27.9 Å². The van der Waals surface area contributed by atoms with E-state index in [1.54, 1.807) is 13.8 Å². The molecule has 1 saturated carbocycles. The summed E-state index contributed by atoms with van der Waals surface area (Å²) in [6.07, 6.45) is 2.29. The minimum atomic E-state index is -0.630. The van der Waals surface area contributed by atoms with Crippen molar-refractivity contribution in [2.75, 3.05) is 0 Å². The van der Waals surface area contributed by atoms with E-state index in [1.807, 2.05) is 6.92 Å². The Morgan fingerprint density at radius 3 is 2.29 bits per heavy atom. The third kappa shape index (κ3) is 2.15. The maximum atomic E-state index is 13.0. The van der Waals surface area contributed by atoms with Gasteiger partial charge in [0.05, 0.1) is 6.10 Å². The van der Waals surface area contributed by atoms with Gasteiger partial charge in [-0.3, -0.25) is 9.59 Å². The molecule has 0 spiro atoms. The first-order valence-electron chi connectivity index (χ1n) is 8.96. The first-order valence-corrected chi connectivity index (χ1v) is 8.96. The summed E-state index contributed by atoms with van der Waals surface area (Å²) in [5.74, 6) is -1.33. The Labute approximate surface area is 143 Å². The fourth-order valence-corrected chi connectivity index (χ4v) is 5.73. The zero-order valence-corrected chi connectivity index (χ0v) is 15.3. The summed E-state index contributed by atoms with van der Waals surface area (Å²) in [7, 11) is 0. The second-order valence-electron chi connectivity index (χ2n) is 8.94. The van der Waals surface area contributed by atoms with E-state index in [9.17, 15) is 19.8 Å². The third-order valence-corrected chi connectivity index (χ3v) is 6.51. The smallest absolute Gasteiger partial charge is 0.224 e. The highest BCUT2D eigenvalue weighted by atomic mass is 16.3. The second-order valence-corrected chi connectivity index (χ2v) is 8.94. The number of rotatable bonds is 1. The summed E-state index contributed by atoms with van der Waals surface area (Å²) in [4.78, 5) is 25.9. The van der Waals surface area contributed by atoms with Crippen molar-refractivity contribution in [3.05, 3.63) is 22.5 Å². The number of carbonyl (C=O) groups is 2. The number of hydrogen-bond donors (Lipinski definition) is 2. The minimum absolute atomic E-state index is 0.0809. The van der Waals surface area contributed by atoms with Crippen LogP contribution in [0.4, 0.5) is 0 Å². The van der Waals surface area contributed by atoms with Gasteiger partial charge in [0.1, 0.15) is 0 Å². The lowest BCUT2D eigenvalue weighted by molar-refractivity contribution is -0.126. The van der Waals surface area contributed by atoms with Gasteiger partial charge in [-0.15, -0.1) is 0 Å². The van der Waals surface area contributed by atoms with Gasteiger partial charge in [0, 0.05) is 28.6 Å². The standard InChI is InChI=1S/C20H28O4/c1-10(2)13-15(22)11-9-12(21)18-19(3,4)7-6-8-20(18,5)14(11)17(24)16(13)23/h10,12,18,21,23H,6-9H2,1-5H3/t12?,18?,20-/m1/s1. The number of fused-ring (bicyclic) bond motifs is 2. The maximum absolute atomic E-state index is 13.0. The minimum Gasteiger partial charge on any atom is -0.504 e. The second kappa shape index (κ2) is 5.29. The lowest BCUT2D eigenvalue weighted by Crippen LogP contribution is -2.55. The molecule has 132 valence electrons. The Kier molecular flexibility index (Phi) is 3.83. The SMILES string of the molecule is CC(C)C1=C(O)C(=O)C2=C(CC(O)C3C(C)(C)CCC[C@]23C)C1=O. The molecule has 0 aromatic rings. The van der Waals surface area contributed by atoms with Crippen molar-refractivity contribution >= 4 is 11.6 Å². The molecular formula is C20H28O4. The molecule has 3 aliphatic carbocycles. The summed E-state index contributed by atoms with van der Waals surface area (Å²) in [6.45, 7) is 9.86. The van der Waals surface area contributed by atoms with Gasteiger partial charge < -0.3 is 10.2 Å². The van der Waals surface area contributed by atoms with Crippen LogP contribution >= 0.6 is 0 Å². The highest BCUT2D eigenvalue weighted by molar-refractivity contribution is 6.25. The predicted molar refractivity (Wildman–Crippen MR) is 91.4 cm³/mol. The molecule has 3 atom stereocenters. The van der Waals surface area contributed by atoms with Gasteiger partial charge in [-0.25, -0.2) is 0 Å². The predicted octanol–water partition coefficient (Wildman–Crippen LogP) is 3.50. The van der Waals surface area contributed by atoms with E-state index in [1.165, 1.54) is 0 Å². The molecule has 1 fully saturated rings. The van der Waals surface area contributed by atoms with Gasteiger partial charge in [-0.1, -0.05) is 41.0 Å². The van der Waals surface area contributed by atoms with E-state index in [0.717, 1.165) is 19.3 Å². The molecule has 24 heavy (non-hydrogen) atoms. The van der Waals surface area contributed by atoms with Crippen molar-refractivity contribution in [1.82, 2.24) is 0 Å². The maximum Gasteiger partial charge on any atom is 0.224 e. The molecule has 2 unspecified atom stereocenters. The van der Waals surface area contributed by atoms with Crippen LogP contribution < -0.4 is 0 Å². The van der Waals surface area contributed by atoms with E-state index >= 15 is 0 Å². The Morgan fingerprint density at radius 2 is 1.71 bits per heavy atom. The van der Waals surface area contributed by atoms with Crippen molar-refractivity contribution in [2.24, 2.45) is 22.7 Å². The monoisotopic (exact) mass is 332 g/mol. The number of hydrogen-bond acceptors (Lipinski definition) is 4. The highest BCUT2D eigenvalue weighted by Crippen LogP contribution is 2.60.